The van der Waals surface area contributed by atoms with E-state index >= 15 is 0 Å². The van der Waals surface area contributed by atoms with Crippen molar-refractivity contribution in [3.63, 3.8) is 0 Å². The van der Waals surface area contributed by atoms with Crippen LogP contribution < -0.4 is 5.32 Å². The number of nitrogens with one attached hydrogen (secondary N) is 1. The number of rotatable bonds is 11. The number of hydrogen-bond donors (Lipinski definition) is 1. The highest BCUT2D eigenvalue weighted by Gasteiger charge is 2.01. The van der Waals surface area contributed by atoms with Crippen LogP contribution in [0, 0.1) is 6.07 Å². The highest BCUT2D eigenvalue weighted by Crippen LogP contribution is 2.11. The quantitative estimate of drug-likeness (QED) is 0.542. The van der Waals surface area contributed by atoms with Crippen molar-refractivity contribution >= 4 is 11.6 Å². The van der Waals surface area contributed by atoms with Gasteiger partial charge in [-0.05, 0) is 24.6 Å². The highest BCUT2D eigenvalue weighted by atomic mass is 16.1. The first-order valence-corrected chi connectivity index (χ1v) is 8.09. The zero-order valence-corrected chi connectivity index (χ0v) is 12.8. The summed E-state index contributed by atoms with van der Waals surface area (Å²) in [5.74, 6) is 0.118. The largest absolute Gasteiger partial charge is 0.326 e. The molecule has 0 aliphatic heterocycles. The van der Waals surface area contributed by atoms with Gasteiger partial charge in [0, 0.05) is 12.1 Å². The Morgan fingerprint density at radius 1 is 1.05 bits per heavy atom. The Bertz CT molecular complexity index is 348. The summed E-state index contributed by atoms with van der Waals surface area (Å²) in [7, 11) is 0. The van der Waals surface area contributed by atoms with E-state index in [4.69, 9.17) is 0 Å². The van der Waals surface area contributed by atoms with Crippen LogP contribution in [-0.2, 0) is 4.79 Å². The fourth-order valence-electron chi connectivity index (χ4n) is 2.29. The van der Waals surface area contributed by atoms with Crippen molar-refractivity contribution in [2.75, 3.05) is 5.32 Å². The van der Waals surface area contributed by atoms with E-state index in [1.807, 2.05) is 18.2 Å². The van der Waals surface area contributed by atoms with Gasteiger partial charge in [-0.2, -0.15) is 0 Å². The maximum Gasteiger partial charge on any atom is 0.224 e. The fourth-order valence-corrected chi connectivity index (χ4v) is 2.29. The first-order chi connectivity index (χ1) is 9.83. The molecule has 0 spiro atoms. The molecule has 0 atom stereocenters. The fraction of sp³-hybridized carbons (Fsp3) is 0.611. The molecule has 0 saturated carbocycles. The average Bonchev–Trinajstić information content (AvgIpc) is 2.46. The van der Waals surface area contributed by atoms with Gasteiger partial charge in [0.2, 0.25) is 5.91 Å². The number of amides is 1. The molecule has 20 heavy (non-hydrogen) atoms. The molecule has 2 heteroatoms. The monoisotopic (exact) mass is 274 g/mol. The Balaban J connectivity index is 1.92. The maximum absolute atomic E-state index is 11.7. The molecule has 1 rings (SSSR count). The molecule has 1 radical (unpaired) electrons. The minimum absolute atomic E-state index is 0.118. The van der Waals surface area contributed by atoms with Gasteiger partial charge in [0.15, 0.2) is 0 Å². The van der Waals surface area contributed by atoms with Crippen LogP contribution in [0.1, 0.15) is 71.1 Å². The van der Waals surface area contributed by atoms with E-state index in [2.05, 4.69) is 18.3 Å². The summed E-state index contributed by atoms with van der Waals surface area (Å²) in [4.78, 5) is 11.7. The predicted octanol–water partition coefficient (Wildman–Crippen LogP) is 5.35. The molecule has 1 aromatic rings. The van der Waals surface area contributed by atoms with Crippen LogP contribution in [0.4, 0.5) is 5.69 Å². The Labute approximate surface area is 124 Å². The Hall–Kier alpha value is -1.31. The Morgan fingerprint density at radius 3 is 2.30 bits per heavy atom. The lowest BCUT2D eigenvalue weighted by Crippen LogP contribution is -2.10. The first kappa shape index (κ1) is 16.7. The van der Waals surface area contributed by atoms with Crippen molar-refractivity contribution in [2.24, 2.45) is 0 Å². The second-order valence-electron chi connectivity index (χ2n) is 5.42. The van der Waals surface area contributed by atoms with Crippen LogP contribution in [-0.4, -0.2) is 5.91 Å². The molecule has 0 aliphatic carbocycles. The zero-order valence-electron chi connectivity index (χ0n) is 12.8. The van der Waals surface area contributed by atoms with Crippen LogP contribution in [0.15, 0.2) is 24.3 Å². The van der Waals surface area contributed by atoms with Gasteiger partial charge in [0.25, 0.3) is 0 Å². The summed E-state index contributed by atoms with van der Waals surface area (Å²) in [5.41, 5.74) is 0.841. The third-order valence-corrected chi connectivity index (χ3v) is 3.50. The Morgan fingerprint density at radius 2 is 1.70 bits per heavy atom. The van der Waals surface area contributed by atoms with Gasteiger partial charge in [-0.1, -0.05) is 70.4 Å². The predicted molar refractivity (Wildman–Crippen MR) is 85.8 cm³/mol. The summed E-state index contributed by atoms with van der Waals surface area (Å²) in [5, 5.41) is 2.90. The third kappa shape index (κ3) is 8.73. The molecule has 0 heterocycles. The van der Waals surface area contributed by atoms with Gasteiger partial charge < -0.3 is 5.32 Å². The molecular weight excluding hydrogens is 246 g/mol. The van der Waals surface area contributed by atoms with Gasteiger partial charge in [0.05, 0.1) is 0 Å². The number of anilines is 1. The molecule has 1 N–H and O–H groups in total. The van der Waals surface area contributed by atoms with Gasteiger partial charge in [-0.3, -0.25) is 4.79 Å². The lowest BCUT2D eigenvalue weighted by Gasteiger charge is -2.05. The van der Waals surface area contributed by atoms with Crippen molar-refractivity contribution in [3.8, 4) is 0 Å². The van der Waals surface area contributed by atoms with Crippen LogP contribution in [0.2, 0.25) is 0 Å². The average molecular weight is 274 g/mol. The summed E-state index contributed by atoms with van der Waals surface area (Å²) in [6.07, 6.45) is 12.2. The molecule has 1 aromatic carbocycles. The molecule has 0 bridgehead atoms. The molecule has 0 aliphatic rings. The van der Waals surface area contributed by atoms with Crippen LogP contribution in [0.3, 0.4) is 0 Å². The zero-order chi connectivity index (χ0) is 14.5. The maximum atomic E-state index is 11.7. The van der Waals surface area contributed by atoms with Gasteiger partial charge in [-0.25, -0.2) is 0 Å². The number of carbonyl (C=O) groups excluding carboxylic acids is 1. The number of unbranched alkanes of at least 4 members (excludes halogenated alkanes) is 8. The summed E-state index contributed by atoms with van der Waals surface area (Å²) in [6.45, 7) is 2.25. The molecular formula is C18H28NO. The third-order valence-electron chi connectivity index (χ3n) is 3.50. The lowest BCUT2D eigenvalue weighted by molar-refractivity contribution is -0.116. The first-order valence-electron chi connectivity index (χ1n) is 8.09. The topological polar surface area (TPSA) is 29.1 Å². The van der Waals surface area contributed by atoms with Crippen molar-refractivity contribution in [3.05, 3.63) is 30.3 Å². The molecule has 0 unspecified atom stereocenters. The van der Waals surface area contributed by atoms with Gasteiger partial charge in [-0.15, -0.1) is 0 Å². The van der Waals surface area contributed by atoms with Crippen LogP contribution in [0.5, 0.6) is 0 Å². The van der Waals surface area contributed by atoms with E-state index in [1.54, 1.807) is 6.07 Å². The number of carbonyl (C=O) groups is 1. The minimum Gasteiger partial charge on any atom is -0.326 e. The van der Waals surface area contributed by atoms with E-state index in [1.165, 1.54) is 51.4 Å². The molecule has 0 saturated heterocycles. The van der Waals surface area contributed by atoms with Crippen LogP contribution >= 0.6 is 0 Å². The molecule has 0 aromatic heterocycles. The van der Waals surface area contributed by atoms with E-state index < -0.39 is 0 Å². The highest BCUT2D eigenvalue weighted by molar-refractivity contribution is 5.90. The number of hydrogen-bond acceptors (Lipinski definition) is 1. The summed E-state index contributed by atoms with van der Waals surface area (Å²) in [6, 6.07) is 10.4. The summed E-state index contributed by atoms with van der Waals surface area (Å²) < 4.78 is 0. The minimum atomic E-state index is 0.118. The van der Waals surface area contributed by atoms with Crippen molar-refractivity contribution in [1.29, 1.82) is 0 Å². The summed E-state index contributed by atoms with van der Waals surface area (Å²) >= 11 is 0. The SMILES string of the molecule is CCCCCCCCCCCC(=O)Nc1c[c]ccc1. The molecule has 2 nitrogen and oxygen atoms in total. The van der Waals surface area contributed by atoms with Gasteiger partial charge >= 0.3 is 0 Å². The van der Waals surface area contributed by atoms with E-state index in [0.717, 1.165) is 12.1 Å². The van der Waals surface area contributed by atoms with E-state index in [9.17, 15) is 4.79 Å². The normalized spacial score (nSPS) is 10.4. The molecule has 1 amide bonds. The van der Waals surface area contributed by atoms with Crippen molar-refractivity contribution in [1.82, 2.24) is 0 Å². The van der Waals surface area contributed by atoms with E-state index in [-0.39, 0.29) is 5.91 Å². The standard InChI is InChI=1S/C18H28NO/c1-2-3-4-5-6-7-8-9-13-16-18(20)19-17-14-11-10-12-15-17/h10-11,14-15H,2-9,13,16H2,1H3,(H,19,20). The smallest absolute Gasteiger partial charge is 0.224 e. The second-order valence-corrected chi connectivity index (χ2v) is 5.42. The van der Waals surface area contributed by atoms with Crippen molar-refractivity contribution < 1.29 is 4.79 Å². The Kier molecular flexibility index (Phi) is 9.64. The molecule has 0 fully saturated rings. The number of benzene rings is 1. The second kappa shape index (κ2) is 11.5. The van der Waals surface area contributed by atoms with Crippen LogP contribution in [0.25, 0.3) is 0 Å². The van der Waals surface area contributed by atoms with Crippen molar-refractivity contribution in [2.45, 2.75) is 71.1 Å². The lowest BCUT2D eigenvalue weighted by atomic mass is 10.1. The van der Waals surface area contributed by atoms with E-state index in [0.29, 0.717) is 6.42 Å². The molecule has 111 valence electrons. The van der Waals surface area contributed by atoms with Gasteiger partial charge in [0.1, 0.15) is 0 Å².